The van der Waals surface area contributed by atoms with Gasteiger partial charge in [0.25, 0.3) is 5.56 Å². The lowest BCUT2D eigenvalue weighted by atomic mass is 10.1. The highest BCUT2D eigenvalue weighted by molar-refractivity contribution is 6.00. The second-order valence-corrected chi connectivity index (χ2v) is 6.44. The van der Waals surface area contributed by atoms with Crippen LogP contribution in [0.25, 0.3) is 10.9 Å². The van der Waals surface area contributed by atoms with Crippen LogP contribution in [0.2, 0.25) is 0 Å². The lowest BCUT2D eigenvalue weighted by Gasteiger charge is -2.12. The Bertz CT molecular complexity index is 1080. The molecule has 0 radical (unpaired) electrons. The Labute approximate surface area is 161 Å². The number of ether oxygens (including phenoxy) is 1. The van der Waals surface area contributed by atoms with Gasteiger partial charge in [0.2, 0.25) is 0 Å². The summed E-state index contributed by atoms with van der Waals surface area (Å²) in [6.45, 7) is 3.93. The highest BCUT2D eigenvalue weighted by Crippen LogP contribution is 2.29. The number of H-pyrrole nitrogens is 1. The van der Waals surface area contributed by atoms with Gasteiger partial charge in [-0.15, -0.1) is 0 Å². The fraction of sp³-hybridized carbons (Fsp3) is 0.286. The van der Waals surface area contributed by atoms with E-state index in [0.29, 0.717) is 29.6 Å². The monoisotopic (exact) mass is 382 g/mol. The molecule has 7 nitrogen and oxygen atoms in total. The average Bonchev–Trinajstić information content (AvgIpc) is 3.07. The molecule has 0 atom stereocenters. The molecule has 3 aromatic rings. The van der Waals surface area contributed by atoms with E-state index in [2.05, 4.69) is 4.98 Å². The van der Waals surface area contributed by atoms with Gasteiger partial charge in [0, 0.05) is 11.3 Å². The molecule has 0 unspecified atom stereocenters. The van der Waals surface area contributed by atoms with Crippen LogP contribution in [0.3, 0.4) is 0 Å². The summed E-state index contributed by atoms with van der Waals surface area (Å²) in [6, 6.07) is 10.5. The second-order valence-electron chi connectivity index (χ2n) is 6.44. The number of Topliss-reactive ketones (excluding diaryl/α,β-unsaturated/α-hetero) is 1. The van der Waals surface area contributed by atoms with Crippen molar-refractivity contribution in [3.63, 3.8) is 0 Å². The van der Waals surface area contributed by atoms with Gasteiger partial charge in [-0.25, -0.2) is 4.79 Å². The summed E-state index contributed by atoms with van der Waals surface area (Å²) in [7, 11) is 0. The predicted octanol–water partition coefficient (Wildman–Crippen LogP) is 3.26. The molecule has 146 valence electrons. The van der Waals surface area contributed by atoms with Gasteiger partial charge in [0.05, 0.1) is 18.7 Å². The summed E-state index contributed by atoms with van der Waals surface area (Å²) in [5, 5.41) is 9.63. The van der Waals surface area contributed by atoms with Crippen molar-refractivity contribution >= 4 is 22.7 Å². The standard InChI is InChI=1S/C21H22N2O5/c1-3-10-28-19-17-15(22-18(19)21(26)27)11-14(4-2)23(20(17)25)12-16(24)13-8-6-5-7-9-13/h5-9,11,22H,3-4,10,12H2,1-2H3,(H,26,27). The zero-order chi connectivity index (χ0) is 20.3. The van der Waals surface area contributed by atoms with Gasteiger partial charge in [0.15, 0.2) is 17.2 Å². The molecule has 3 rings (SSSR count). The number of benzene rings is 1. The van der Waals surface area contributed by atoms with Crippen LogP contribution in [0.15, 0.2) is 41.2 Å². The van der Waals surface area contributed by atoms with Crippen molar-refractivity contribution in [3.8, 4) is 5.75 Å². The number of hydrogen-bond donors (Lipinski definition) is 2. The van der Waals surface area contributed by atoms with Crippen LogP contribution in [0, 0.1) is 0 Å². The molecule has 2 heterocycles. The molecule has 0 aliphatic rings. The maximum Gasteiger partial charge on any atom is 0.356 e. The van der Waals surface area contributed by atoms with Crippen LogP contribution < -0.4 is 10.3 Å². The first kappa shape index (κ1) is 19.4. The van der Waals surface area contributed by atoms with Crippen molar-refractivity contribution in [2.75, 3.05) is 6.61 Å². The molecule has 0 saturated heterocycles. The summed E-state index contributed by atoms with van der Waals surface area (Å²) >= 11 is 0. The smallest absolute Gasteiger partial charge is 0.356 e. The molecule has 0 saturated carbocycles. The maximum atomic E-state index is 13.2. The van der Waals surface area contributed by atoms with Crippen molar-refractivity contribution < 1.29 is 19.4 Å². The van der Waals surface area contributed by atoms with E-state index in [1.165, 1.54) is 4.57 Å². The number of ketones is 1. The Balaban J connectivity index is 2.17. The third-order valence-electron chi connectivity index (χ3n) is 4.52. The number of aromatic amines is 1. The lowest BCUT2D eigenvalue weighted by Crippen LogP contribution is -2.27. The summed E-state index contributed by atoms with van der Waals surface area (Å²) in [4.78, 5) is 40.2. The van der Waals surface area contributed by atoms with Gasteiger partial charge in [-0.1, -0.05) is 44.2 Å². The van der Waals surface area contributed by atoms with Gasteiger partial charge >= 0.3 is 5.97 Å². The average molecular weight is 382 g/mol. The van der Waals surface area contributed by atoms with Crippen LogP contribution in [0.1, 0.15) is 46.8 Å². The van der Waals surface area contributed by atoms with E-state index in [1.807, 2.05) is 19.9 Å². The molecule has 28 heavy (non-hydrogen) atoms. The van der Waals surface area contributed by atoms with Crippen molar-refractivity contribution in [2.45, 2.75) is 33.2 Å². The summed E-state index contributed by atoms with van der Waals surface area (Å²) in [5.41, 5.74) is 0.957. The highest BCUT2D eigenvalue weighted by atomic mass is 16.5. The van der Waals surface area contributed by atoms with Crippen molar-refractivity contribution in [1.29, 1.82) is 0 Å². The Kier molecular flexibility index (Phi) is 5.63. The van der Waals surface area contributed by atoms with Crippen LogP contribution in [-0.2, 0) is 13.0 Å². The van der Waals surface area contributed by atoms with Gasteiger partial charge in [0.1, 0.15) is 5.39 Å². The number of fused-ring (bicyclic) bond motifs is 1. The predicted molar refractivity (Wildman–Crippen MR) is 105 cm³/mol. The van der Waals surface area contributed by atoms with E-state index >= 15 is 0 Å². The highest BCUT2D eigenvalue weighted by Gasteiger charge is 2.24. The van der Waals surface area contributed by atoms with E-state index in [9.17, 15) is 19.5 Å². The molecule has 1 aromatic carbocycles. The number of nitrogens with one attached hydrogen (secondary N) is 1. The fourth-order valence-corrected chi connectivity index (χ4v) is 3.16. The maximum absolute atomic E-state index is 13.2. The molecule has 2 aromatic heterocycles. The minimum atomic E-state index is -1.20. The molecule has 7 heteroatoms. The van der Waals surface area contributed by atoms with Crippen LogP contribution in [0.5, 0.6) is 5.75 Å². The molecular formula is C21H22N2O5. The first-order valence-electron chi connectivity index (χ1n) is 9.20. The van der Waals surface area contributed by atoms with Crippen LogP contribution in [0.4, 0.5) is 0 Å². The summed E-state index contributed by atoms with van der Waals surface area (Å²) < 4.78 is 6.99. The Hall–Kier alpha value is -3.35. The van der Waals surface area contributed by atoms with Gasteiger partial charge < -0.3 is 19.4 Å². The van der Waals surface area contributed by atoms with Crippen molar-refractivity contribution in [3.05, 3.63) is 63.7 Å². The third kappa shape index (κ3) is 3.55. The Morgan fingerprint density at radius 1 is 1.18 bits per heavy atom. The van der Waals surface area contributed by atoms with Crippen LogP contribution in [-0.4, -0.2) is 33.0 Å². The molecule has 0 aliphatic carbocycles. The molecule has 0 fully saturated rings. The third-order valence-corrected chi connectivity index (χ3v) is 4.52. The summed E-state index contributed by atoms with van der Waals surface area (Å²) in [5.74, 6) is -1.37. The van der Waals surface area contributed by atoms with Crippen molar-refractivity contribution in [2.24, 2.45) is 0 Å². The topological polar surface area (TPSA) is 101 Å². The van der Waals surface area contributed by atoms with Crippen LogP contribution >= 0.6 is 0 Å². The molecule has 2 N–H and O–H groups in total. The Morgan fingerprint density at radius 3 is 2.50 bits per heavy atom. The van der Waals surface area contributed by atoms with E-state index in [4.69, 9.17) is 4.74 Å². The van der Waals surface area contributed by atoms with Gasteiger partial charge in [-0.05, 0) is 18.9 Å². The number of rotatable bonds is 8. The minimum Gasteiger partial charge on any atom is -0.490 e. The van der Waals surface area contributed by atoms with Crippen molar-refractivity contribution in [1.82, 2.24) is 9.55 Å². The molecular weight excluding hydrogens is 360 g/mol. The number of nitrogens with zero attached hydrogens (tertiary/aromatic N) is 1. The summed E-state index contributed by atoms with van der Waals surface area (Å²) in [6.07, 6.45) is 1.18. The first-order valence-corrected chi connectivity index (χ1v) is 9.20. The number of carbonyl (C=O) groups excluding carboxylic acids is 1. The number of carbonyl (C=O) groups is 2. The fourth-order valence-electron chi connectivity index (χ4n) is 3.16. The van der Waals surface area contributed by atoms with E-state index in [-0.39, 0.29) is 35.8 Å². The van der Waals surface area contributed by atoms with Gasteiger partial charge in [-0.2, -0.15) is 0 Å². The molecule has 0 aliphatic heterocycles. The first-order chi connectivity index (χ1) is 13.5. The zero-order valence-electron chi connectivity index (χ0n) is 15.8. The van der Waals surface area contributed by atoms with E-state index in [0.717, 1.165) is 0 Å². The quantitative estimate of drug-likeness (QED) is 0.582. The number of aromatic carboxylic acids is 1. The normalized spacial score (nSPS) is 10.9. The molecule has 0 spiro atoms. The number of pyridine rings is 1. The largest absolute Gasteiger partial charge is 0.490 e. The van der Waals surface area contributed by atoms with E-state index < -0.39 is 11.5 Å². The molecule has 0 amide bonds. The number of hydrogen-bond acceptors (Lipinski definition) is 4. The Morgan fingerprint density at radius 2 is 1.89 bits per heavy atom. The number of carboxylic acids is 1. The van der Waals surface area contributed by atoms with E-state index in [1.54, 1.807) is 30.3 Å². The second kappa shape index (κ2) is 8.12. The van der Waals surface area contributed by atoms with Gasteiger partial charge in [-0.3, -0.25) is 9.59 Å². The number of aryl methyl sites for hydroxylation is 1. The molecule has 0 bridgehead atoms. The number of carboxylic acid groups (broad SMARTS) is 1. The minimum absolute atomic E-state index is 0.0258. The number of aromatic nitrogens is 2. The zero-order valence-corrected chi connectivity index (χ0v) is 15.8. The lowest BCUT2D eigenvalue weighted by molar-refractivity contribution is 0.0686. The SMILES string of the molecule is CCCOc1c(C(=O)O)[nH]c2cc(CC)n(CC(=O)c3ccccc3)c(=O)c12.